The van der Waals surface area contributed by atoms with Crippen LogP contribution in [-0.2, 0) is 11.3 Å². The van der Waals surface area contributed by atoms with Crippen LogP contribution in [0.15, 0.2) is 27.7 Å². The number of nitrogens with one attached hydrogen (secondary N) is 3. The second-order valence-electron chi connectivity index (χ2n) is 6.25. The third-order valence-corrected chi connectivity index (χ3v) is 3.61. The van der Waals surface area contributed by atoms with Crippen LogP contribution >= 0.6 is 15.9 Å². The summed E-state index contributed by atoms with van der Waals surface area (Å²) in [5.41, 5.74) is 0.587. The molecule has 7 nitrogen and oxygen atoms in total. The maximum atomic E-state index is 11.5. The lowest BCUT2D eigenvalue weighted by atomic mass is 10.2. The summed E-state index contributed by atoms with van der Waals surface area (Å²) < 4.78 is 11.3. The van der Waals surface area contributed by atoms with Crippen molar-refractivity contribution >= 4 is 28.0 Å². The number of carbonyl (C=O) groups excluding carboxylic acids is 1. The van der Waals surface area contributed by atoms with Crippen LogP contribution in [0.5, 0.6) is 5.75 Å². The van der Waals surface area contributed by atoms with Crippen LogP contribution in [0.4, 0.5) is 4.79 Å². The van der Waals surface area contributed by atoms with Gasteiger partial charge >= 0.3 is 6.09 Å². The van der Waals surface area contributed by atoms with E-state index in [-0.39, 0.29) is 0 Å². The molecule has 1 rings (SSSR count). The summed E-state index contributed by atoms with van der Waals surface area (Å²) in [6.07, 6.45) is -0.430. The minimum absolute atomic E-state index is 0.430. The first-order chi connectivity index (χ1) is 11.7. The zero-order valence-electron chi connectivity index (χ0n) is 15.4. The molecule has 0 aliphatic rings. The van der Waals surface area contributed by atoms with E-state index < -0.39 is 11.7 Å². The number of hydrogen-bond donors (Lipinski definition) is 3. The topological polar surface area (TPSA) is 84.0 Å². The first-order valence-electron chi connectivity index (χ1n) is 7.99. The number of ether oxygens (including phenoxy) is 2. The van der Waals surface area contributed by atoms with Gasteiger partial charge in [-0.3, -0.25) is 4.99 Å². The summed E-state index contributed by atoms with van der Waals surface area (Å²) >= 11 is 3.47. The van der Waals surface area contributed by atoms with Crippen molar-refractivity contribution in [3.63, 3.8) is 0 Å². The molecule has 0 fully saturated rings. The Morgan fingerprint density at radius 1 is 1.20 bits per heavy atom. The molecule has 0 atom stereocenters. The highest BCUT2D eigenvalue weighted by atomic mass is 79.9. The number of alkyl carbamates (subject to hydrolysis) is 1. The molecule has 140 valence electrons. The summed E-state index contributed by atoms with van der Waals surface area (Å²) in [4.78, 5) is 15.7. The van der Waals surface area contributed by atoms with Crippen LogP contribution in [0.1, 0.15) is 26.3 Å². The molecule has 0 aliphatic carbocycles. The zero-order valence-corrected chi connectivity index (χ0v) is 17.0. The molecule has 3 N–H and O–H groups in total. The average molecular weight is 415 g/mol. The third kappa shape index (κ3) is 8.62. The van der Waals surface area contributed by atoms with E-state index in [4.69, 9.17) is 9.47 Å². The summed E-state index contributed by atoms with van der Waals surface area (Å²) in [5, 5.41) is 9.02. The maximum Gasteiger partial charge on any atom is 0.407 e. The van der Waals surface area contributed by atoms with Crippen molar-refractivity contribution in [2.75, 3.05) is 27.2 Å². The Kier molecular flexibility index (Phi) is 8.54. The van der Waals surface area contributed by atoms with Gasteiger partial charge in [0.05, 0.1) is 11.6 Å². The second kappa shape index (κ2) is 10.1. The fourth-order valence-corrected chi connectivity index (χ4v) is 2.47. The van der Waals surface area contributed by atoms with Crippen LogP contribution in [-0.4, -0.2) is 44.9 Å². The fraction of sp³-hybridized carbons (Fsp3) is 0.529. The van der Waals surface area contributed by atoms with Crippen LogP contribution in [0.2, 0.25) is 0 Å². The van der Waals surface area contributed by atoms with Crippen molar-refractivity contribution in [3.8, 4) is 5.75 Å². The molecule has 1 aromatic carbocycles. The molecule has 1 aromatic rings. The van der Waals surface area contributed by atoms with Crippen molar-refractivity contribution in [1.29, 1.82) is 0 Å². The van der Waals surface area contributed by atoms with Crippen molar-refractivity contribution < 1.29 is 14.3 Å². The number of aliphatic imine (C=N–C) groups is 1. The third-order valence-electron chi connectivity index (χ3n) is 2.99. The average Bonchev–Trinajstić information content (AvgIpc) is 2.52. The molecule has 0 radical (unpaired) electrons. The standard InChI is InChI=1S/C17H27BrN4O3/c1-17(2,3)25-16(23)21-9-8-20-15(19-4)22-11-12-6-7-14(24-5)13(18)10-12/h6-7,10H,8-9,11H2,1-5H3,(H,21,23)(H2,19,20,22). The molecular formula is C17H27BrN4O3. The summed E-state index contributed by atoms with van der Waals surface area (Å²) in [6, 6.07) is 5.87. The molecule has 0 spiro atoms. The SMILES string of the molecule is CN=C(NCCNC(=O)OC(C)(C)C)NCc1ccc(OC)c(Br)c1. The highest BCUT2D eigenvalue weighted by molar-refractivity contribution is 9.10. The van der Waals surface area contributed by atoms with Crippen LogP contribution in [0.25, 0.3) is 0 Å². The Morgan fingerprint density at radius 3 is 2.44 bits per heavy atom. The van der Waals surface area contributed by atoms with Gasteiger partial charge in [0, 0.05) is 26.7 Å². The number of benzene rings is 1. The van der Waals surface area contributed by atoms with E-state index in [2.05, 4.69) is 36.9 Å². The lowest BCUT2D eigenvalue weighted by Gasteiger charge is -2.20. The summed E-state index contributed by atoms with van der Waals surface area (Å²) in [7, 11) is 3.33. The van der Waals surface area contributed by atoms with Crippen LogP contribution < -0.4 is 20.7 Å². The van der Waals surface area contributed by atoms with Gasteiger partial charge in [-0.1, -0.05) is 6.07 Å². The van der Waals surface area contributed by atoms with Gasteiger partial charge in [0.15, 0.2) is 5.96 Å². The molecule has 0 aromatic heterocycles. The largest absolute Gasteiger partial charge is 0.496 e. The van der Waals surface area contributed by atoms with Crippen molar-refractivity contribution in [1.82, 2.24) is 16.0 Å². The Balaban J connectivity index is 2.33. The van der Waals surface area contributed by atoms with Gasteiger partial charge in [-0.15, -0.1) is 0 Å². The van der Waals surface area contributed by atoms with E-state index in [1.54, 1.807) is 14.2 Å². The second-order valence-corrected chi connectivity index (χ2v) is 7.10. The van der Waals surface area contributed by atoms with Gasteiger partial charge in [-0.05, 0) is 54.4 Å². The lowest BCUT2D eigenvalue weighted by molar-refractivity contribution is 0.0529. The highest BCUT2D eigenvalue weighted by Crippen LogP contribution is 2.25. The fourth-order valence-electron chi connectivity index (χ4n) is 1.89. The molecular weight excluding hydrogens is 388 g/mol. The van der Waals surface area contributed by atoms with E-state index in [1.807, 2.05) is 39.0 Å². The molecule has 0 saturated heterocycles. The van der Waals surface area contributed by atoms with Crippen LogP contribution in [0.3, 0.4) is 0 Å². The summed E-state index contributed by atoms with van der Waals surface area (Å²) in [6.45, 7) is 7.06. The quantitative estimate of drug-likeness (QED) is 0.378. The van der Waals surface area contributed by atoms with Gasteiger partial charge in [-0.25, -0.2) is 4.79 Å². The van der Waals surface area contributed by atoms with Crippen molar-refractivity contribution in [2.45, 2.75) is 32.9 Å². The molecule has 0 heterocycles. The number of guanidine groups is 1. The van der Waals surface area contributed by atoms with E-state index in [1.165, 1.54) is 0 Å². The number of carbonyl (C=O) groups is 1. The molecule has 25 heavy (non-hydrogen) atoms. The Bertz CT molecular complexity index is 600. The van der Waals surface area contributed by atoms with E-state index in [0.29, 0.717) is 25.6 Å². The van der Waals surface area contributed by atoms with Gasteiger partial charge in [0.1, 0.15) is 11.4 Å². The smallest absolute Gasteiger partial charge is 0.407 e. The molecule has 0 unspecified atom stereocenters. The Hall–Kier alpha value is -1.96. The van der Waals surface area contributed by atoms with E-state index in [0.717, 1.165) is 15.8 Å². The number of halogens is 1. The monoisotopic (exact) mass is 414 g/mol. The highest BCUT2D eigenvalue weighted by Gasteiger charge is 2.15. The van der Waals surface area contributed by atoms with Gasteiger partial charge in [-0.2, -0.15) is 0 Å². The van der Waals surface area contributed by atoms with Gasteiger partial charge in [0.25, 0.3) is 0 Å². The minimum atomic E-state index is -0.498. The minimum Gasteiger partial charge on any atom is -0.496 e. The predicted octanol–water partition coefficient (Wildman–Crippen LogP) is 2.65. The first kappa shape index (κ1) is 21.1. The first-order valence-corrected chi connectivity index (χ1v) is 8.78. The molecule has 8 heteroatoms. The predicted molar refractivity (Wildman–Crippen MR) is 103 cm³/mol. The van der Waals surface area contributed by atoms with E-state index in [9.17, 15) is 4.79 Å². The summed E-state index contributed by atoms with van der Waals surface area (Å²) in [5.74, 6) is 1.44. The van der Waals surface area contributed by atoms with Gasteiger partial charge in [0.2, 0.25) is 0 Å². The number of methoxy groups -OCH3 is 1. The number of hydrogen-bond acceptors (Lipinski definition) is 4. The lowest BCUT2D eigenvalue weighted by Crippen LogP contribution is -2.42. The zero-order chi connectivity index (χ0) is 18.9. The Morgan fingerprint density at radius 2 is 1.88 bits per heavy atom. The van der Waals surface area contributed by atoms with E-state index >= 15 is 0 Å². The normalized spacial score (nSPS) is 11.7. The molecule has 0 saturated carbocycles. The number of rotatable bonds is 6. The molecule has 0 aliphatic heterocycles. The Labute approximate surface area is 157 Å². The maximum absolute atomic E-state index is 11.5. The molecule has 0 bridgehead atoms. The number of amides is 1. The molecule has 1 amide bonds. The van der Waals surface area contributed by atoms with Crippen molar-refractivity contribution in [3.05, 3.63) is 28.2 Å². The van der Waals surface area contributed by atoms with Gasteiger partial charge < -0.3 is 25.4 Å². The van der Waals surface area contributed by atoms with Crippen LogP contribution in [0, 0.1) is 0 Å². The van der Waals surface area contributed by atoms with Crippen molar-refractivity contribution in [2.24, 2.45) is 4.99 Å². The number of nitrogens with zero attached hydrogens (tertiary/aromatic N) is 1.